The minimum atomic E-state index is -0.677. The van der Waals surface area contributed by atoms with Gasteiger partial charge in [0, 0.05) is 24.0 Å². The molecular weight excluding hydrogens is 426 g/mol. The third-order valence-corrected chi connectivity index (χ3v) is 6.27. The summed E-state index contributed by atoms with van der Waals surface area (Å²) in [5.41, 5.74) is 3.39. The molecule has 0 saturated carbocycles. The molecule has 3 amide bonds. The van der Waals surface area contributed by atoms with Crippen LogP contribution in [0.3, 0.4) is 0 Å². The lowest BCUT2D eigenvalue weighted by Gasteiger charge is -2.31. The van der Waals surface area contributed by atoms with E-state index in [1.54, 1.807) is 17.9 Å². The summed E-state index contributed by atoms with van der Waals surface area (Å²) in [5, 5.41) is 4.77. The van der Waals surface area contributed by atoms with Crippen LogP contribution in [0.5, 0.6) is 0 Å². The highest BCUT2D eigenvalue weighted by Gasteiger charge is 2.34. The maximum absolute atomic E-state index is 13.6. The van der Waals surface area contributed by atoms with Gasteiger partial charge in [0.15, 0.2) is 0 Å². The summed E-state index contributed by atoms with van der Waals surface area (Å²) in [6, 6.07) is 18.6. The summed E-state index contributed by atoms with van der Waals surface area (Å²) in [7, 11) is 0. The van der Waals surface area contributed by atoms with E-state index < -0.39 is 6.04 Å². The average molecular weight is 458 g/mol. The van der Waals surface area contributed by atoms with Crippen molar-refractivity contribution in [2.24, 2.45) is 5.92 Å². The molecule has 34 heavy (non-hydrogen) atoms. The Hall–Kier alpha value is -3.67. The largest absolute Gasteiger partial charge is 0.354 e. The first-order chi connectivity index (χ1) is 16.3. The van der Waals surface area contributed by atoms with Crippen molar-refractivity contribution >= 4 is 34.2 Å². The molecule has 176 valence electrons. The van der Waals surface area contributed by atoms with Gasteiger partial charge in [-0.25, -0.2) is 0 Å². The molecule has 0 bridgehead atoms. The molecule has 0 spiro atoms. The molecule has 1 unspecified atom stereocenters. The third-order valence-electron chi connectivity index (χ3n) is 6.27. The van der Waals surface area contributed by atoms with Gasteiger partial charge in [0.25, 0.3) is 5.91 Å². The summed E-state index contributed by atoms with van der Waals surface area (Å²) in [6.07, 6.45) is 0. The third kappa shape index (κ3) is 4.67. The number of carbonyl (C=O) groups excluding carboxylic acids is 3. The summed E-state index contributed by atoms with van der Waals surface area (Å²) in [5.74, 6) is -0.357. The van der Waals surface area contributed by atoms with Crippen LogP contribution in [0.4, 0.5) is 5.69 Å². The zero-order chi connectivity index (χ0) is 24.4. The molecule has 0 aliphatic carbocycles. The molecule has 0 radical (unpaired) electrons. The predicted molar refractivity (Wildman–Crippen MR) is 135 cm³/mol. The first-order valence-corrected chi connectivity index (χ1v) is 11.7. The van der Waals surface area contributed by atoms with E-state index in [-0.39, 0.29) is 30.8 Å². The normalized spacial score (nSPS) is 13.4. The van der Waals surface area contributed by atoms with Crippen LogP contribution in [-0.4, -0.2) is 41.8 Å². The Kier molecular flexibility index (Phi) is 6.68. The fraction of sp³-hybridized carbons (Fsp3) is 0.321. The number of hydrogen-bond acceptors (Lipinski definition) is 3. The molecule has 1 aliphatic heterocycles. The number of benzene rings is 3. The molecule has 0 saturated heterocycles. The molecule has 6 nitrogen and oxygen atoms in total. The highest BCUT2D eigenvalue weighted by atomic mass is 16.2. The standard InChI is InChI=1S/C28H31N3O3/c1-18(2)15-29-27(33)20(4)30(16-21-13-11-19(3)12-14-21)25(32)17-31-24-10-6-8-22-7-5-9-23(26(22)24)28(31)34/h5-14,18,20H,15-17H2,1-4H3,(H,29,33). The van der Waals surface area contributed by atoms with Crippen LogP contribution in [0.25, 0.3) is 10.8 Å². The van der Waals surface area contributed by atoms with Crippen molar-refractivity contribution in [3.63, 3.8) is 0 Å². The number of hydrogen-bond donors (Lipinski definition) is 1. The minimum absolute atomic E-state index is 0.125. The van der Waals surface area contributed by atoms with Crippen molar-refractivity contribution in [1.29, 1.82) is 0 Å². The van der Waals surface area contributed by atoms with Gasteiger partial charge in [-0.3, -0.25) is 19.3 Å². The van der Waals surface area contributed by atoms with Gasteiger partial charge in [0.2, 0.25) is 11.8 Å². The Morgan fingerprint density at radius 1 is 0.971 bits per heavy atom. The van der Waals surface area contributed by atoms with Gasteiger partial charge in [0.05, 0.1) is 5.69 Å². The number of anilines is 1. The van der Waals surface area contributed by atoms with Crippen molar-refractivity contribution in [3.05, 3.63) is 77.4 Å². The minimum Gasteiger partial charge on any atom is -0.354 e. The number of rotatable bonds is 8. The van der Waals surface area contributed by atoms with E-state index in [1.807, 2.05) is 75.4 Å². The van der Waals surface area contributed by atoms with Crippen LogP contribution < -0.4 is 10.2 Å². The Balaban J connectivity index is 1.60. The maximum atomic E-state index is 13.6. The van der Waals surface area contributed by atoms with Crippen LogP contribution in [0, 0.1) is 12.8 Å². The van der Waals surface area contributed by atoms with Crippen molar-refractivity contribution in [1.82, 2.24) is 10.2 Å². The first kappa shape index (κ1) is 23.5. The van der Waals surface area contributed by atoms with E-state index in [0.29, 0.717) is 18.0 Å². The van der Waals surface area contributed by atoms with Crippen molar-refractivity contribution in [3.8, 4) is 0 Å². The molecule has 6 heteroatoms. The SMILES string of the molecule is Cc1ccc(CN(C(=O)CN2C(=O)c3cccc4cccc2c34)C(C)C(=O)NCC(C)C)cc1. The average Bonchev–Trinajstić information content (AvgIpc) is 3.09. The van der Waals surface area contributed by atoms with Gasteiger partial charge in [-0.2, -0.15) is 0 Å². The van der Waals surface area contributed by atoms with Crippen LogP contribution in [0.2, 0.25) is 0 Å². The molecule has 1 N–H and O–H groups in total. The molecule has 0 aromatic heterocycles. The molecule has 1 aliphatic rings. The fourth-order valence-corrected chi connectivity index (χ4v) is 4.29. The van der Waals surface area contributed by atoms with E-state index in [1.165, 1.54) is 4.90 Å². The van der Waals surface area contributed by atoms with Crippen LogP contribution in [0.1, 0.15) is 42.3 Å². The Morgan fingerprint density at radius 2 is 1.65 bits per heavy atom. The van der Waals surface area contributed by atoms with Gasteiger partial charge < -0.3 is 10.2 Å². The number of nitrogens with zero attached hydrogens (tertiary/aromatic N) is 2. The Morgan fingerprint density at radius 3 is 2.32 bits per heavy atom. The van der Waals surface area contributed by atoms with E-state index >= 15 is 0 Å². The highest BCUT2D eigenvalue weighted by Crippen LogP contribution is 2.37. The quantitative estimate of drug-likeness (QED) is 0.548. The van der Waals surface area contributed by atoms with E-state index in [4.69, 9.17) is 0 Å². The maximum Gasteiger partial charge on any atom is 0.259 e. The zero-order valence-corrected chi connectivity index (χ0v) is 20.2. The lowest BCUT2D eigenvalue weighted by atomic mass is 10.1. The lowest BCUT2D eigenvalue weighted by molar-refractivity contribution is -0.139. The smallest absolute Gasteiger partial charge is 0.259 e. The second-order valence-electron chi connectivity index (χ2n) is 9.39. The van der Waals surface area contributed by atoms with Crippen molar-refractivity contribution in [2.45, 2.75) is 40.3 Å². The topological polar surface area (TPSA) is 69.7 Å². The number of amides is 3. The molecule has 4 rings (SSSR count). The summed E-state index contributed by atoms with van der Waals surface area (Å²) in [4.78, 5) is 42.8. The zero-order valence-electron chi connectivity index (χ0n) is 20.2. The summed E-state index contributed by atoms with van der Waals surface area (Å²) in [6.45, 7) is 8.50. The van der Waals surface area contributed by atoms with Crippen LogP contribution >= 0.6 is 0 Å². The van der Waals surface area contributed by atoms with E-state index in [9.17, 15) is 14.4 Å². The number of aryl methyl sites for hydroxylation is 1. The molecule has 3 aromatic carbocycles. The Labute approximate surface area is 200 Å². The lowest BCUT2D eigenvalue weighted by Crippen LogP contribution is -2.51. The summed E-state index contributed by atoms with van der Waals surface area (Å²) >= 11 is 0. The van der Waals surface area contributed by atoms with Gasteiger partial charge in [-0.1, -0.05) is 67.9 Å². The predicted octanol–water partition coefficient (Wildman–Crippen LogP) is 4.30. The van der Waals surface area contributed by atoms with Gasteiger partial charge >= 0.3 is 0 Å². The Bertz CT molecular complexity index is 1230. The molecule has 3 aromatic rings. The van der Waals surface area contributed by atoms with E-state index in [2.05, 4.69) is 5.32 Å². The molecule has 0 fully saturated rings. The number of carbonyl (C=O) groups is 3. The second-order valence-corrected chi connectivity index (χ2v) is 9.39. The van der Waals surface area contributed by atoms with Crippen LogP contribution in [-0.2, 0) is 16.1 Å². The first-order valence-electron chi connectivity index (χ1n) is 11.7. The molecule has 1 heterocycles. The highest BCUT2D eigenvalue weighted by molar-refractivity contribution is 6.26. The number of nitrogens with one attached hydrogen (secondary N) is 1. The van der Waals surface area contributed by atoms with Crippen molar-refractivity contribution in [2.75, 3.05) is 18.0 Å². The molecule has 1 atom stereocenters. The monoisotopic (exact) mass is 457 g/mol. The second kappa shape index (κ2) is 9.67. The van der Waals surface area contributed by atoms with E-state index in [0.717, 1.165) is 27.6 Å². The fourth-order valence-electron chi connectivity index (χ4n) is 4.29. The van der Waals surface area contributed by atoms with Gasteiger partial charge in [0.1, 0.15) is 12.6 Å². The molecular formula is C28H31N3O3. The van der Waals surface area contributed by atoms with Crippen molar-refractivity contribution < 1.29 is 14.4 Å². The summed E-state index contributed by atoms with van der Waals surface area (Å²) < 4.78 is 0. The van der Waals surface area contributed by atoms with Crippen LogP contribution in [0.15, 0.2) is 60.7 Å². The van der Waals surface area contributed by atoms with Gasteiger partial charge in [-0.05, 0) is 42.8 Å². The van der Waals surface area contributed by atoms with Gasteiger partial charge in [-0.15, -0.1) is 0 Å².